The van der Waals surface area contributed by atoms with Crippen molar-refractivity contribution in [3.8, 4) is 17.1 Å². The number of hydrogen-bond donors (Lipinski definition) is 0. The maximum Gasteiger partial charge on any atom is 0.400 e. The molecule has 0 bridgehead atoms. The van der Waals surface area contributed by atoms with Crippen LogP contribution in [-0.4, -0.2) is 37.1 Å². The molecule has 0 saturated heterocycles. The minimum atomic E-state index is -3.77. The maximum atomic E-state index is 13.5. The fourth-order valence-corrected chi connectivity index (χ4v) is 5.35. The van der Waals surface area contributed by atoms with Gasteiger partial charge >= 0.3 is 11.3 Å². The fourth-order valence-electron chi connectivity index (χ4n) is 3.08. The van der Waals surface area contributed by atoms with E-state index in [0.29, 0.717) is 28.5 Å². The average molecular weight is 502 g/mol. The summed E-state index contributed by atoms with van der Waals surface area (Å²) in [6.07, 6.45) is 3.04. The lowest BCUT2D eigenvalue weighted by Gasteiger charge is -2.12. The summed E-state index contributed by atoms with van der Waals surface area (Å²) in [5.41, 5.74) is 1.27. The minimum absolute atomic E-state index is 0.0814. The van der Waals surface area contributed by atoms with Crippen molar-refractivity contribution in [3.05, 3.63) is 53.1 Å². The largest absolute Gasteiger partial charge is 0.495 e. The molecule has 0 fully saturated rings. The van der Waals surface area contributed by atoms with Crippen LogP contribution in [0.25, 0.3) is 17.0 Å². The summed E-state index contributed by atoms with van der Waals surface area (Å²) in [7, 11) is -1.57. The van der Waals surface area contributed by atoms with Crippen LogP contribution in [0.15, 0.2) is 50.3 Å². The molecule has 0 radical (unpaired) electrons. The molecule has 0 aliphatic heterocycles. The molecule has 1 aromatic carbocycles. The van der Waals surface area contributed by atoms with E-state index in [9.17, 15) is 13.0 Å². The van der Waals surface area contributed by atoms with Crippen molar-refractivity contribution in [2.45, 2.75) is 17.2 Å². The summed E-state index contributed by atoms with van der Waals surface area (Å²) in [5.74, 6) is -0.403. The standard InChI is InChI=1S/C19H15Cl2F2N5O3S/c1-10-17(27-32(3,29)15-12(20)5-4-6-13(15)30-2)28-8-7-11(9-14(28)24-10)16-25-18(31-26-16)19(21,22)23/h4-9H,1-3H3. The van der Waals surface area contributed by atoms with Gasteiger partial charge in [0.05, 0.1) is 27.6 Å². The highest BCUT2D eigenvalue weighted by Crippen LogP contribution is 2.35. The van der Waals surface area contributed by atoms with Crippen LogP contribution >= 0.6 is 23.2 Å². The Morgan fingerprint density at radius 2 is 2.03 bits per heavy atom. The monoisotopic (exact) mass is 501 g/mol. The second-order valence-corrected chi connectivity index (χ2v) is 9.83. The summed E-state index contributed by atoms with van der Waals surface area (Å²) >= 11 is 11.2. The van der Waals surface area contributed by atoms with Crippen LogP contribution in [0.3, 0.4) is 0 Å². The number of rotatable bonds is 5. The molecule has 3 aromatic heterocycles. The van der Waals surface area contributed by atoms with Crippen molar-refractivity contribution in [1.29, 1.82) is 0 Å². The van der Waals surface area contributed by atoms with Crippen molar-refractivity contribution in [2.75, 3.05) is 13.4 Å². The molecule has 1 unspecified atom stereocenters. The van der Waals surface area contributed by atoms with Crippen LogP contribution in [0.1, 0.15) is 11.6 Å². The number of imidazole rings is 1. The first-order valence-corrected chi connectivity index (χ1v) is 11.6. The summed E-state index contributed by atoms with van der Waals surface area (Å²) in [6.45, 7) is 1.70. The maximum absolute atomic E-state index is 13.5. The predicted octanol–water partition coefficient (Wildman–Crippen LogP) is 5.43. The van der Waals surface area contributed by atoms with E-state index in [1.54, 1.807) is 47.9 Å². The number of nitrogens with zero attached hydrogens (tertiary/aromatic N) is 5. The smallest absolute Gasteiger partial charge is 0.400 e. The highest BCUT2D eigenvalue weighted by molar-refractivity contribution is 7.93. The molecule has 4 rings (SSSR count). The van der Waals surface area contributed by atoms with Crippen LogP contribution in [-0.2, 0) is 15.1 Å². The summed E-state index contributed by atoms with van der Waals surface area (Å²) in [5, 5.41) is 0.0223. The van der Waals surface area contributed by atoms with Gasteiger partial charge in [-0.05, 0) is 42.8 Å². The molecular weight excluding hydrogens is 487 g/mol. The van der Waals surface area contributed by atoms with Gasteiger partial charge in [-0.2, -0.15) is 18.1 Å². The summed E-state index contributed by atoms with van der Waals surface area (Å²) in [4.78, 5) is 8.31. The Hall–Kier alpha value is -2.76. The van der Waals surface area contributed by atoms with E-state index < -0.39 is 21.0 Å². The molecule has 0 amide bonds. The zero-order valence-corrected chi connectivity index (χ0v) is 19.2. The number of alkyl halides is 3. The first-order chi connectivity index (χ1) is 15.0. The number of methoxy groups -OCH3 is 1. The van der Waals surface area contributed by atoms with Gasteiger partial charge in [-0.1, -0.05) is 22.8 Å². The van der Waals surface area contributed by atoms with Gasteiger partial charge in [-0.25, -0.2) is 9.19 Å². The normalized spacial score (nSPS) is 13.8. The zero-order chi connectivity index (χ0) is 23.3. The van der Waals surface area contributed by atoms with Crippen molar-refractivity contribution in [3.63, 3.8) is 0 Å². The number of aryl methyl sites for hydroxylation is 1. The van der Waals surface area contributed by atoms with Gasteiger partial charge in [-0.15, -0.1) is 0 Å². The van der Waals surface area contributed by atoms with Crippen LogP contribution in [0, 0.1) is 6.92 Å². The van der Waals surface area contributed by atoms with Crippen LogP contribution in [0.4, 0.5) is 14.6 Å². The van der Waals surface area contributed by atoms with Crippen molar-refractivity contribution < 1.29 is 22.2 Å². The number of benzene rings is 1. The molecular formula is C19H15Cl2F2N5O3S. The molecule has 0 aliphatic rings. The van der Waals surface area contributed by atoms with Gasteiger partial charge in [0.1, 0.15) is 16.3 Å². The van der Waals surface area contributed by atoms with E-state index in [0.717, 1.165) is 0 Å². The van der Waals surface area contributed by atoms with Crippen molar-refractivity contribution in [2.24, 2.45) is 4.36 Å². The molecule has 4 aromatic rings. The lowest BCUT2D eigenvalue weighted by molar-refractivity contribution is 0.0551. The van der Waals surface area contributed by atoms with Crippen LogP contribution in [0.2, 0.25) is 5.02 Å². The number of aromatic nitrogens is 4. The highest BCUT2D eigenvalue weighted by atomic mass is 35.5. The zero-order valence-electron chi connectivity index (χ0n) is 16.8. The van der Waals surface area contributed by atoms with E-state index >= 15 is 0 Å². The first kappa shape index (κ1) is 22.4. The van der Waals surface area contributed by atoms with Crippen molar-refractivity contribution >= 4 is 44.4 Å². The average Bonchev–Trinajstić information content (AvgIpc) is 3.32. The van der Waals surface area contributed by atoms with Crippen LogP contribution < -0.4 is 4.74 Å². The summed E-state index contributed by atoms with van der Waals surface area (Å²) in [6, 6.07) is 8.05. The second-order valence-electron chi connectivity index (χ2n) is 6.75. The van der Waals surface area contributed by atoms with E-state index in [2.05, 4.69) is 24.0 Å². The van der Waals surface area contributed by atoms with Gasteiger partial charge in [0.2, 0.25) is 5.82 Å². The number of pyridine rings is 1. The third kappa shape index (κ3) is 4.03. The molecule has 32 heavy (non-hydrogen) atoms. The Labute approximate surface area is 191 Å². The minimum Gasteiger partial charge on any atom is -0.495 e. The fraction of sp³-hybridized carbons (Fsp3) is 0.211. The Balaban J connectivity index is 1.83. The molecule has 168 valence electrons. The summed E-state index contributed by atoms with van der Waals surface area (Å²) < 4.78 is 55.8. The Bertz CT molecular complexity index is 1460. The predicted molar refractivity (Wildman–Crippen MR) is 115 cm³/mol. The van der Waals surface area contributed by atoms with Gasteiger partial charge in [0.25, 0.3) is 0 Å². The molecule has 0 N–H and O–H groups in total. The third-order valence-electron chi connectivity index (χ3n) is 4.49. The second kappa shape index (κ2) is 7.98. The van der Waals surface area contributed by atoms with Gasteiger partial charge < -0.3 is 9.26 Å². The number of fused-ring (bicyclic) bond motifs is 1. The molecule has 1 atom stereocenters. The number of hydrogen-bond acceptors (Lipinski definition) is 7. The number of halogens is 4. The van der Waals surface area contributed by atoms with E-state index in [4.69, 9.17) is 27.9 Å². The van der Waals surface area contributed by atoms with E-state index in [1.165, 1.54) is 13.4 Å². The lowest BCUT2D eigenvalue weighted by atomic mass is 10.2. The van der Waals surface area contributed by atoms with E-state index in [1.807, 2.05) is 0 Å². The Morgan fingerprint density at radius 1 is 1.28 bits per heavy atom. The van der Waals surface area contributed by atoms with Gasteiger partial charge in [0, 0.05) is 18.0 Å². The SMILES string of the molecule is COc1cccc(Cl)c1S(C)(=O)=Nc1c(C)nc2cc(-c3noc(C(F)(F)Cl)n3)ccn12. The third-order valence-corrected chi connectivity index (χ3v) is 6.77. The van der Waals surface area contributed by atoms with Crippen LogP contribution in [0.5, 0.6) is 5.75 Å². The van der Waals surface area contributed by atoms with Gasteiger partial charge in [0.15, 0.2) is 5.82 Å². The molecule has 13 heteroatoms. The molecule has 3 heterocycles. The molecule has 0 saturated carbocycles. The molecule has 0 spiro atoms. The van der Waals surface area contributed by atoms with Crippen molar-refractivity contribution in [1.82, 2.24) is 19.5 Å². The molecule has 8 nitrogen and oxygen atoms in total. The topological polar surface area (TPSA) is 94.9 Å². The molecule has 0 aliphatic carbocycles. The quantitative estimate of drug-likeness (QED) is 0.338. The number of ether oxygens (including phenoxy) is 1. The lowest BCUT2D eigenvalue weighted by Crippen LogP contribution is -2.03. The Morgan fingerprint density at radius 3 is 2.69 bits per heavy atom. The Kier molecular flexibility index (Phi) is 5.60. The van der Waals surface area contributed by atoms with E-state index in [-0.39, 0.29) is 15.7 Å². The first-order valence-electron chi connectivity index (χ1n) is 8.96. The highest BCUT2D eigenvalue weighted by Gasteiger charge is 2.35. The van der Waals surface area contributed by atoms with Gasteiger partial charge in [-0.3, -0.25) is 4.40 Å².